The molecule has 0 amide bonds. The zero-order valence-electron chi connectivity index (χ0n) is 10.7. The topological polar surface area (TPSA) is 33.6 Å². The summed E-state index contributed by atoms with van der Waals surface area (Å²) in [6.07, 6.45) is 7.87. The van der Waals surface area contributed by atoms with Gasteiger partial charge in [-0.3, -0.25) is 4.99 Å². The number of hydrogen-bond donors (Lipinski definition) is 1. The lowest BCUT2D eigenvalue weighted by Crippen LogP contribution is -2.11. The lowest BCUT2D eigenvalue weighted by molar-refractivity contribution is 0.356. The minimum atomic E-state index is -1.94. The van der Waals surface area contributed by atoms with Gasteiger partial charge < -0.3 is 9.61 Å². The molecule has 100 valence electrons. The largest absolute Gasteiger partial charge is 0.326 e. The predicted octanol–water partition coefficient (Wildman–Crippen LogP) is 3.95. The predicted molar refractivity (Wildman–Crippen MR) is 82.5 cm³/mol. The first-order valence-electron chi connectivity index (χ1n) is 6.38. The second-order valence-corrected chi connectivity index (χ2v) is 11.0. The maximum atomic E-state index is 5.77. The van der Waals surface area contributed by atoms with Crippen LogP contribution in [0.25, 0.3) is 0 Å². The summed E-state index contributed by atoms with van der Waals surface area (Å²) >= 11 is 7.26. The number of rotatable bonds is 8. The van der Waals surface area contributed by atoms with E-state index in [0.29, 0.717) is 6.04 Å². The van der Waals surface area contributed by atoms with Crippen LogP contribution in [0.5, 0.6) is 0 Å². The summed E-state index contributed by atoms with van der Waals surface area (Å²) in [5.41, 5.74) is -1.94. The molecule has 1 aliphatic rings. The summed E-state index contributed by atoms with van der Waals surface area (Å²) < 4.78 is 5.77. The van der Waals surface area contributed by atoms with Crippen LogP contribution in [0.4, 0.5) is 0 Å². The van der Waals surface area contributed by atoms with Gasteiger partial charge in [-0.05, 0) is 36.8 Å². The molecule has 17 heavy (non-hydrogen) atoms. The lowest BCUT2D eigenvalue weighted by Gasteiger charge is -2.20. The van der Waals surface area contributed by atoms with Crippen molar-refractivity contribution in [2.24, 2.45) is 4.99 Å². The quantitative estimate of drug-likeness (QED) is 0.417. The van der Waals surface area contributed by atoms with E-state index in [9.17, 15) is 0 Å². The summed E-state index contributed by atoms with van der Waals surface area (Å²) in [4.78, 5) is 4.53. The summed E-state index contributed by atoms with van der Waals surface area (Å²) in [6, 6.07) is 0.503. The summed E-state index contributed by atoms with van der Waals surface area (Å²) in [5.74, 6) is 0.977. The summed E-state index contributed by atoms with van der Waals surface area (Å²) in [7, 11) is 0. The van der Waals surface area contributed by atoms with Gasteiger partial charge in [0.1, 0.15) is 0 Å². The van der Waals surface area contributed by atoms with E-state index >= 15 is 0 Å². The Morgan fingerprint density at radius 1 is 1.47 bits per heavy atom. The van der Waals surface area contributed by atoms with E-state index in [4.69, 9.17) is 16.3 Å². The Morgan fingerprint density at radius 2 is 2.18 bits per heavy atom. The fourth-order valence-electron chi connectivity index (χ4n) is 1.76. The molecule has 1 N–H and O–H groups in total. The number of nitrogens with zero attached hydrogens (tertiary/aromatic N) is 1. The van der Waals surface area contributed by atoms with E-state index in [1.54, 1.807) is 17.7 Å². The highest BCUT2D eigenvalue weighted by Gasteiger charge is 2.16. The van der Waals surface area contributed by atoms with Gasteiger partial charge in [-0.15, -0.1) is 0 Å². The van der Waals surface area contributed by atoms with Crippen molar-refractivity contribution in [2.45, 2.75) is 52.0 Å². The molecule has 0 aromatic rings. The Morgan fingerprint density at radius 3 is 2.76 bits per heavy atom. The molecule has 1 aliphatic carbocycles. The van der Waals surface area contributed by atoms with Crippen molar-refractivity contribution < 1.29 is 4.52 Å². The van der Waals surface area contributed by atoms with Gasteiger partial charge in [-0.25, -0.2) is 0 Å². The third-order valence-electron chi connectivity index (χ3n) is 2.59. The smallest absolute Gasteiger partial charge is 0.211 e. The molecule has 1 atom stereocenters. The Hall–Kier alpha value is 0.430. The van der Waals surface area contributed by atoms with Crippen LogP contribution in [0.1, 0.15) is 46.0 Å². The van der Waals surface area contributed by atoms with Gasteiger partial charge in [0.15, 0.2) is 0 Å². The standard InChI is InChI=1S/C11H23N2OPS2/c1-3-9-14-15(16,17-4-2)13-10-12-11-7-5-6-8-11/h10-11H,3-9H2,1-2H3,(H,12,13,16). The van der Waals surface area contributed by atoms with Crippen LogP contribution < -0.4 is 5.09 Å². The van der Waals surface area contributed by atoms with Crippen molar-refractivity contribution in [1.29, 1.82) is 0 Å². The number of hydrogen-bond acceptors (Lipinski definition) is 4. The SMILES string of the molecule is CCCOP(=S)(NC=NC1CCCC1)SCC. The average Bonchev–Trinajstić information content (AvgIpc) is 2.80. The fourth-order valence-corrected chi connectivity index (χ4v) is 6.10. The molecule has 1 rings (SSSR count). The van der Waals surface area contributed by atoms with Crippen molar-refractivity contribution in [2.75, 3.05) is 12.4 Å². The van der Waals surface area contributed by atoms with Crippen molar-refractivity contribution in [1.82, 2.24) is 5.09 Å². The van der Waals surface area contributed by atoms with Gasteiger partial charge >= 0.3 is 0 Å². The van der Waals surface area contributed by atoms with Crippen LogP contribution in [0, 0.1) is 0 Å². The minimum Gasteiger partial charge on any atom is -0.326 e. The Kier molecular flexibility index (Phi) is 7.76. The maximum Gasteiger partial charge on any atom is 0.211 e. The first kappa shape index (κ1) is 15.5. The Bertz CT molecular complexity index is 281. The molecule has 0 aliphatic heterocycles. The second-order valence-electron chi connectivity index (χ2n) is 4.09. The summed E-state index contributed by atoms with van der Waals surface area (Å²) in [6.45, 7) is 4.94. The molecule has 0 heterocycles. The molecule has 0 spiro atoms. The van der Waals surface area contributed by atoms with E-state index < -0.39 is 5.62 Å². The normalized spacial score (nSPS) is 20.8. The minimum absolute atomic E-state index is 0.503. The van der Waals surface area contributed by atoms with Crippen LogP contribution in [-0.2, 0) is 16.3 Å². The monoisotopic (exact) mass is 294 g/mol. The van der Waals surface area contributed by atoms with Gasteiger partial charge in [-0.2, -0.15) is 0 Å². The maximum absolute atomic E-state index is 5.77. The molecule has 3 nitrogen and oxygen atoms in total. The zero-order chi connectivity index (χ0) is 12.6. The van der Waals surface area contributed by atoms with Gasteiger partial charge in [0.2, 0.25) is 5.62 Å². The van der Waals surface area contributed by atoms with Crippen molar-refractivity contribution >= 4 is 35.1 Å². The molecular formula is C11H23N2OPS2. The molecule has 6 heteroatoms. The van der Waals surface area contributed by atoms with Crippen LogP contribution in [-0.4, -0.2) is 24.7 Å². The third-order valence-corrected chi connectivity index (χ3v) is 8.15. The van der Waals surface area contributed by atoms with Crippen molar-refractivity contribution in [3.05, 3.63) is 0 Å². The van der Waals surface area contributed by atoms with E-state index in [1.165, 1.54) is 25.7 Å². The first-order valence-corrected chi connectivity index (χ1v) is 10.7. The molecule has 0 radical (unpaired) electrons. The van der Waals surface area contributed by atoms with E-state index in [2.05, 4.69) is 23.9 Å². The van der Waals surface area contributed by atoms with Crippen molar-refractivity contribution in [3.8, 4) is 0 Å². The Labute approximate surface area is 114 Å². The highest BCUT2D eigenvalue weighted by atomic mass is 32.9. The van der Waals surface area contributed by atoms with E-state index in [1.807, 2.05) is 0 Å². The first-order chi connectivity index (χ1) is 8.20. The van der Waals surface area contributed by atoms with Gasteiger partial charge in [0.25, 0.3) is 0 Å². The molecule has 1 unspecified atom stereocenters. The van der Waals surface area contributed by atoms with E-state index in [-0.39, 0.29) is 0 Å². The van der Waals surface area contributed by atoms with Gasteiger partial charge in [-0.1, -0.05) is 38.1 Å². The second kappa shape index (κ2) is 8.52. The molecule has 0 bridgehead atoms. The number of aliphatic imine (C=N–C) groups is 1. The van der Waals surface area contributed by atoms with E-state index in [0.717, 1.165) is 18.8 Å². The highest BCUT2D eigenvalue weighted by molar-refractivity contribution is 8.68. The molecule has 0 aromatic heterocycles. The van der Waals surface area contributed by atoms with Crippen LogP contribution in [0.3, 0.4) is 0 Å². The van der Waals surface area contributed by atoms with Crippen molar-refractivity contribution in [3.63, 3.8) is 0 Å². The van der Waals surface area contributed by atoms with Crippen LogP contribution in [0.15, 0.2) is 4.99 Å². The van der Waals surface area contributed by atoms with Gasteiger partial charge in [0.05, 0.1) is 19.0 Å². The van der Waals surface area contributed by atoms with Crippen LogP contribution in [0.2, 0.25) is 0 Å². The number of nitrogens with one attached hydrogen (secondary N) is 1. The average molecular weight is 294 g/mol. The summed E-state index contributed by atoms with van der Waals surface area (Å²) in [5, 5.41) is 3.23. The fraction of sp³-hybridized carbons (Fsp3) is 0.909. The molecule has 1 fully saturated rings. The molecule has 0 aromatic carbocycles. The lowest BCUT2D eigenvalue weighted by atomic mass is 10.3. The third kappa shape index (κ3) is 6.23. The molecule has 0 saturated heterocycles. The Balaban J connectivity index is 2.39. The van der Waals surface area contributed by atoms with Gasteiger partial charge in [0, 0.05) is 0 Å². The molecular weight excluding hydrogens is 271 g/mol. The highest BCUT2D eigenvalue weighted by Crippen LogP contribution is 2.55. The molecule has 1 saturated carbocycles. The van der Waals surface area contributed by atoms with Crippen LogP contribution >= 0.6 is 17.0 Å². The zero-order valence-corrected chi connectivity index (χ0v) is 13.3.